The molecule has 0 radical (unpaired) electrons. The molecule has 0 aromatic heterocycles. The molecule has 0 unspecified atom stereocenters. The molecule has 3 aliphatic rings. The van der Waals surface area contributed by atoms with Crippen LogP contribution < -0.4 is 10.1 Å². The van der Waals surface area contributed by atoms with Gasteiger partial charge >= 0.3 is 0 Å². The fourth-order valence-electron chi connectivity index (χ4n) is 6.68. The third-order valence-electron chi connectivity index (χ3n) is 8.28. The molecular weight excluding hydrogens is 580 g/mol. The maximum absolute atomic E-state index is 14.0. The first kappa shape index (κ1) is 29.3. The quantitative estimate of drug-likeness (QED) is 0.363. The van der Waals surface area contributed by atoms with Crippen molar-refractivity contribution < 1.29 is 19.1 Å². The first-order chi connectivity index (χ1) is 19.3. The molecule has 0 fully saturated rings. The lowest BCUT2D eigenvalue weighted by atomic mass is 9.63. The number of amides is 1. The molecule has 5 rings (SSSR count). The molecule has 0 saturated carbocycles. The Morgan fingerprint density at radius 3 is 2.12 bits per heavy atom. The average Bonchev–Trinajstić information content (AvgIpc) is 2.85. The summed E-state index contributed by atoms with van der Waals surface area (Å²) in [6, 6.07) is 13.2. The Kier molecular flexibility index (Phi) is 7.79. The molecule has 0 bridgehead atoms. The van der Waals surface area contributed by atoms with Gasteiger partial charge in [-0.3, -0.25) is 14.4 Å². The summed E-state index contributed by atoms with van der Waals surface area (Å²) in [5, 5.41) is 2.89. The zero-order chi connectivity index (χ0) is 29.7. The number of allylic oxidation sites excluding steroid dienone is 4. The Morgan fingerprint density at radius 2 is 1.56 bits per heavy atom. The van der Waals surface area contributed by atoms with Crippen molar-refractivity contribution in [2.45, 2.75) is 73.1 Å². The van der Waals surface area contributed by atoms with Gasteiger partial charge in [-0.1, -0.05) is 55.8 Å². The number of halogens is 1. The number of ketones is 2. The van der Waals surface area contributed by atoms with E-state index in [9.17, 15) is 14.4 Å². The van der Waals surface area contributed by atoms with Crippen molar-refractivity contribution in [1.29, 1.82) is 0 Å². The van der Waals surface area contributed by atoms with E-state index in [2.05, 4.69) is 60.8 Å². The highest BCUT2D eigenvalue weighted by Crippen LogP contribution is 2.55. The van der Waals surface area contributed by atoms with Crippen molar-refractivity contribution in [1.82, 2.24) is 4.90 Å². The van der Waals surface area contributed by atoms with Crippen molar-refractivity contribution in [3.63, 3.8) is 0 Å². The van der Waals surface area contributed by atoms with Crippen LogP contribution in [0.5, 0.6) is 5.75 Å². The van der Waals surface area contributed by atoms with Gasteiger partial charge < -0.3 is 15.0 Å². The van der Waals surface area contributed by atoms with Crippen LogP contribution in [0.3, 0.4) is 0 Å². The van der Waals surface area contributed by atoms with E-state index in [0.29, 0.717) is 42.0 Å². The first-order valence-corrected chi connectivity index (χ1v) is 15.2. The van der Waals surface area contributed by atoms with Crippen molar-refractivity contribution in [3.05, 3.63) is 80.6 Å². The topological polar surface area (TPSA) is 75.7 Å². The van der Waals surface area contributed by atoms with Crippen LogP contribution in [-0.2, 0) is 14.4 Å². The van der Waals surface area contributed by atoms with Crippen LogP contribution >= 0.6 is 15.9 Å². The van der Waals surface area contributed by atoms with Gasteiger partial charge in [-0.2, -0.15) is 0 Å². The Bertz CT molecular complexity index is 1450. The van der Waals surface area contributed by atoms with Gasteiger partial charge in [0.2, 0.25) is 0 Å². The van der Waals surface area contributed by atoms with E-state index in [1.165, 1.54) is 0 Å². The van der Waals surface area contributed by atoms with Gasteiger partial charge in [-0.05, 0) is 73.4 Å². The summed E-state index contributed by atoms with van der Waals surface area (Å²) >= 11 is 3.61. The van der Waals surface area contributed by atoms with Gasteiger partial charge in [-0.15, -0.1) is 0 Å². The molecule has 1 heterocycles. The molecule has 2 aromatic carbocycles. The molecule has 1 N–H and O–H groups in total. The zero-order valence-electron chi connectivity index (χ0n) is 24.8. The number of anilines is 1. The Morgan fingerprint density at radius 1 is 0.951 bits per heavy atom. The van der Waals surface area contributed by atoms with Crippen molar-refractivity contribution in [2.75, 3.05) is 18.5 Å². The number of Topliss-reactive ketones (excluding diaryl/α,β-unsaturated/α-hetero) is 2. The highest BCUT2D eigenvalue weighted by atomic mass is 79.9. The maximum atomic E-state index is 14.0. The van der Waals surface area contributed by atoms with E-state index < -0.39 is 5.92 Å². The molecule has 1 amide bonds. The fourth-order valence-corrected chi connectivity index (χ4v) is 7.06. The molecule has 216 valence electrons. The van der Waals surface area contributed by atoms with Crippen molar-refractivity contribution in [2.24, 2.45) is 10.8 Å². The number of nitrogens with one attached hydrogen (secondary N) is 1. The normalized spacial score (nSPS) is 20.1. The van der Waals surface area contributed by atoms with Gasteiger partial charge in [0.1, 0.15) is 5.75 Å². The minimum absolute atomic E-state index is 0.0759. The number of carbonyl (C=O) groups is 3. The minimum Gasteiger partial charge on any atom is -0.483 e. The highest BCUT2D eigenvalue weighted by molar-refractivity contribution is 9.10. The number of aryl methyl sites for hydroxylation is 1. The van der Waals surface area contributed by atoms with Crippen LogP contribution in [0.2, 0.25) is 0 Å². The number of rotatable bonds is 6. The van der Waals surface area contributed by atoms with Gasteiger partial charge in [0.05, 0.1) is 0 Å². The van der Waals surface area contributed by atoms with E-state index in [1.54, 1.807) is 0 Å². The first-order valence-electron chi connectivity index (χ1n) is 14.4. The lowest BCUT2D eigenvalue weighted by Crippen LogP contribution is -2.44. The van der Waals surface area contributed by atoms with E-state index in [4.69, 9.17) is 4.74 Å². The van der Waals surface area contributed by atoms with Crippen LogP contribution in [0.4, 0.5) is 5.69 Å². The molecule has 41 heavy (non-hydrogen) atoms. The summed E-state index contributed by atoms with van der Waals surface area (Å²) in [7, 11) is 0. The van der Waals surface area contributed by atoms with Gasteiger partial charge in [0, 0.05) is 63.6 Å². The summed E-state index contributed by atoms with van der Waals surface area (Å²) in [6.07, 6.45) is 2.36. The number of nitrogens with zero attached hydrogens (tertiary/aromatic N) is 1. The van der Waals surface area contributed by atoms with E-state index in [-0.39, 0.29) is 34.9 Å². The van der Waals surface area contributed by atoms with E-state index in [0.717, 1.165) is 39.8 Å². The number of ether oxygens (including phenoxy) is 1. The predicted molar refractivity (Wildman–Crippen MR) is 165 cm³/mol. The highest BCUT2D eigenvalue weighted by Gasteiger charge is 2.49. The zero-order valence-corrected chi connectivity index (χ0v) is 26.4. The van der Waals surface area contributed by atoms with E-state index in [1.807, 2.05) is 49.4 Å². The smallest absolute Gasteiger partial charge is 0.262 e. The Labute approximate surface area is 251 Å². The number of hydrogen-bond acceptors (Lipinski definition) is 5. The third-order valence-corrected chi connectivity index (χ3v) is 8.77. The predicted octanol–water partition coefficient (Wildman–Crippen LogP) is 7.48. The van der Waals surface area contributed by atoms with Gasteiger partial charge in [-0.25, -0.2) is 0 Å². The average molecular weight is 620 g/mol. The fraction of sp³-hybridized carbons (Fsp3) is 0.441. The lowest BCUT2D eigenvalue weighted by Gasteiger charge is -2.49. The number of benzene rings is 2. The second-order valence-corrected chi connectivity index (χ2v) is 14.1. The van der Waals surface area contributed by atoms with E-state index >= 15 is 0 Å². The molecule has 0 spiro atoms. The summed E-state index contributed by atoms with van der Waals surface area (Å²) in [4.78, 5) is 43.0. The van der Waals surface area contributed by atoms with Gasteiger partial charge in [0.15, 0.2) is 18.2 Å². The van der Waals surface area contributed by atoms with Crippen LogP contribution in [0.1, 0.15) is 77.3 Å². The molecule has 2 aliphatic carbocycles. The standard InChI is InChI=1S/C34H39BrN2O4/c1-7-37-24-15-33(3,4)17-26(38)31(24)30(32-25(37)16-34(5,6)18-27(32)39)23-14-21(35)11-12-28(23)41-19-29(40)36-22-10-8-9-20(2)13-22/h8-14,30H,7,15-19H2,1-6H3,(H,36,40). The Hall–Kier alpha value is -3.19. The molecule has 0 saturated heterocycles. The summed E-state index contributed by atoms with van der Waals surface area (Å²) < 4.78 is 6.98. The maximum Gasteiger partial charge on any atom is 0.262 e. The second kappa shape index (κ2) is 10.9. The minimum atomic E-state index is -0.540. The summed E-state index contributed by atoms with van der Waals surface area (Å²) in [5.41, 5.74) is 5.57. The molecule has 6 nitrogen and oxygen atoms in total. The van der Waals surface area contributed by atoms with Crippen LogP contribution in [0, 0.1) is 17.8 Å². The summed E-state index contributed by atoms with van der Waals surface area (Å²) in [6.45, 7) is 13.1. The number of carbonyl (C=O) groups excluding carboxylic acids is 3. The monoisotopic (exact) mass is 618 g/mol. The lowest BCUT2D eigenvalue weighted by molar-refractivity contribution is -0.120. The Balaban J connectivity index is 1.59. The van der Waals surface area contributed by atoms with Gasteiger partial charge in [0.25, 0.3) is 5.91 Å². The number of hydrogen-bond donors (Lipinski definition) is 1. The largest absolute Gasteiger partial charge is 0.483 e. The molecule has 2 aromatic rings. The molecule has 1 aliphatic heterocycles. The molecule has 7 heteroatoms. The SMILES string of the molecule is CCN1C2=C(C(=O)CC(C)(C)C2)C(c2cc(Br)ccc2OCC(=O)Nc2cccc(C)c2)C2=C1CC(C)(C)CC2=O. The van der Waals surface area contributed by atoms with Crippen molar-refractivity contribution in [3.8, 4) is 5.75 Å². The van der Waals surface area contributed by atoms with Crippen LogP contribution in [-0.4, -0.2) is 35.5 Å². The second-order valence-electron chi connectivity index (χ2n) is 13.2. The third kappa shape index (κ3) is 5.92. The van der Waals surface area contributed by atoms with Crippen LogP contribution in [0.15, 0.2) is 69.5 Å². The molecular formula is C34H39BrN2O4. The molecule has 0 atom stereocenters. The summed E-state index contributed by atoms with van der Waals surface area (Å²) in [5.74, 6) is -0.172. The van der Waals surface area contributed by atoms with Crippen molar-refractivity contribution >= 4 is 39.1 Å². The van der Waals surface area contributed by atoms with Crippen LogP contribution in [0.25, 0.3) is 0 Å².